The molecule has 2 bridgehead atoms. The number of aryl methyl sites for hydroxylation is 1. The Labute approximate surface area is 230 Å². The summed E-state index contributed by atoms with van der Waals surface area (Å²) in [6.07, 6.45) is 6.58. The Morgan fingerprint density at radius 1 is 0.975 bits per heavy atom. The zero-order valence-electron chi connectivity index (χ0n) is 22.3. The average Bonchev–Trinajstić information content (AvgIpc) is 3.60. The third-order valence-corrected chi connectivity index (χ3v) is 8.67. The molecule has 2 unspecified atom stereocenters. The van der Waals surface area contributed by atoms with Gasteiger partial charge in [0.15, 0.2) is 11.6 Å². The van der Waals surface area contributed by atoms with Gasteiger partial charge in [0.05, 0.1) is 17.8 Å². The maximum atomic E-state index is 15.0. The molecule has 6 heterocycles. The van der Waals surface area contributed by atoms with Gasteiger partial charge in [0.2, 0.25) is 5.95 Å². The molecule has 0 amide bonds. The van der Waals surface area contributed by atoms with Crippen LogP contribution in [0.25, 0.3) is 22.3 Å². The van der Waals surface area contributed by atoms with Gasteiger partial charge in [0.1, 0.15) is 29.5 Å². The molecule has 0 saturated carbocycles. The van der Waals surface area contributed by atoms with Gasteiger partial charge in [-0.25, -0.2) is 33.1 Å². The van der Waals surface area contributed by atoms with E-state index in [1.807, 2.05) is 18.3 Å². The fraction of sp³-hybridized carbons (Fsp3) is 0.448. The van der Waals surface area contributed by atoms with Gasteiger partial charge in [-0.2, -0.15) is 0 Å². The number of likely N-dealkylation sites (N-methyl/N-ethyl adjacent to an activating group) is 1. The summed E-state index contributed by atoms with van der Waals surface area (Å²) < 4.78 is 45.2. The first-order valence-electron chi connectivity index (χ1n) is 14.0. The van der Waals surface area contributed by atoms with E-state index in [-0.39, 0.29) is 22.7 Å². The Bertz CT molecular complexity index is 1540. The number of imidazole rings is 1. The fourth-order valence-corrected chi connectivity index (χ4v) is 6.63. The third kappa shape index (κ3) is 4.41. The lowest BCUT2D eigenvalue weighted by Gasteiger charge is -2.40. The molecular weight excluding hydrogens is 517 g/mol. The van der Waals surface area contributed by atoms with Gasteiger partial charge in [-0.3, -0.25) is 4.90 Å². The van der Waals surface area contributed by atoms with E-state index >= 15 is 4.39 Å². The van der Waals surface area contributed by atoms with E-state index in [4.69, 9.17) is 0 Å². The van der Waals surface area contributed by atoms with Crippen molar-refractivity contribution in [2.75, 3.05) is 31.6 Å². The Morgan fingerprint density at radius 2 is 1.80 bits per heavy atom. The summed E-state index contributed by atoms with van der Waals surface area (Å²) in [6.45, 7) is 5.88. The van der Waals surface area contributed by atoms with Crippen molar-refractivity contribution < 1.29 is 13.2 Å². The Kier molecular flexibility index (Phi) is 6.42. The number of hydrogen-bond acceptors (Lipinski definition) is 7. The SMILES string of the molecule is CCN1CC2CCC(C1)N2Cc1ccc(Nc2ncc(F)c(-c3cc(F)c4nc5n(c4c3)[C@H](CF)CC5)n2)nc1. The van der Waals surface area contributed by atoms with Gasteiger partial charge in [-0.1, -0.05) is 13.0 Å². The number of halogens is 3. The lowest BCUT2D eigenvalue weighted by molar-refractivity contribution is 0.0641. The van der Waals surface area contributed by atoms with Crippen molar-refractivity contribution >= 4 is 22.8 Å². The average molecular weight is 549 g/mol. The molecule has 40 heavy (non-hydrogen) atoms. The monoisotopic (exact) mass is 548 g/mol. The molecule has 11 heteroatoms. The van der Waals surface area contributed by atoms with Crippen LogP contribution in [0.2, 0.25) is 0 Å². The van der Waals surface area contributed by atoms with Crippen LogP contribution in [-0.4, -0.2) is 72.7 Å². The van der Waals surface area contributed by atoms with E-state index in [1.165, 1.54) is 18.9 Å². The van der Waals surface area contributed by atoms with Crippen LogP contribution in [0, 0.1) is 11.6 Å². The molecule has 4 aromatic rings. The van der Waals surface area contributed by atoms with Gasteiger partial charge < -0.3 is 14.8 Å². The molecule has 3 aliphatic heterocycles. The summed E-state index contributed by atoms with van der Waals surface area (Å²) in [5.41, 5.74) is 1.92. The molecular formula is C29H31F3N8. The largest absolute Gasteiger partial charge is 0.322 e. The number of piperazine rings is 1. The zero-order chi connectivity index (χ0) is 27.4. The summed E-state index contributed by atoms with van der Waals surface area (Å²) in [5.74, 6) is 0.0340. The minimum Gasteiger partial charge on any atom is -0.322 e. The highest BCUT2D eigenvalue weighted by atomic mass is 19.1. The summed E-state index contributed by atoms with van der Waals surface area (Å²) >= 11 is 0. The molecule has 2 saturated heterocycles. The number of pyridine rings is 1. The lowest BCUT2D eigenvalue weighted by Crippen LogP contribution is -2.52. The van der Waals surface area contributed by atoms with Crippen LogP contribution >= 0.6 is 0 Å². The zero-order valence-corrected chi connectivity index (χ0v) is 22.3. The van der Waals surface area contributed by atoms with Crippen molar-refractivity contribution in [1.29, 1.82) is 0 Å². The van der Waals surface area contributed by atoms with Crippen molar-refractivity contribution in [2.45, 2.75) is 57.3 Å². The number of anilines is 2. The minimum atomic E-state index is -0.686. The van der Waals surface area contributed by atoms with Crippen LogP contribution in [0.4, 0.5) is 24.9 Å². The lowest BCUT2D eigenvalue weighted by atomic mass is 10.1. The molecule has 208 valence electrons. The maximum Gasteiger partial charge on any atom is 0.229 e. The molecule has 2 fully saturated rings. The van der Waals surface area contributed by atoms with E-state index in [9.17, 15) is 8.78 Å². The van der Waals surface area contributed by atoms with Gasteiger partial charge in [0.25, 0.3) is 0 Å². The summed E-state index contributed by atoms with van der Waals surface area (Å²) in [7, 11) is 0. The standard InChI is InChI=1S/C29H31F3N8/c1-2-38-15-20-4-5-21(16-38)39(20)14-17-3-7-25(33-12-17)35-29-34-13-23(32)27(37-29)18-9-22(31)28-24(10-18)40-19(11-30)6-8-26(40)36-28/h3,7,9-10,12-13,19-21H,2,4-6,8,11,14-16H2,1H3,(H,33,34,35,37)/t19-,20?,21?/m0/s1. The van der Waals surface area contributed by atoms with Gasteiger partial charge in [-0.05, 0) is 49.6 Å². The predicted molar refractivity (Wildman–Crippen MR) is 146 cm³/mol. The predicted octanol–water partition coefficient (Wildman–Crippen LogP) is 5.04. The Morgan fingerprint density at radius 3 is 2.52 bits per heavy atom. The topological polar surface area (TPSA) is 75.0 Å². The van der Waals surface area contributed by atoms with Crippen molar-refractivity contribution in [3.63, 3.8) is 0 Å². The number of likely N-dealkylation sites (tertiary alicyclic amines) is 1. The Hall–Kier alpha value is -3.57. The van der Waals surface area contributed by atoms with E-state index in [0.29, 0.717) is 42.1 Å². The second-order valence-corrected chi connectivity index (χ2v) is 11.0. The molecule has 3 aliphatic rings. The molecule has 1 N–H and O–H groups in total. The quantitative estimate of drug-likeness (QED) is 0.347. The molecule has 0 spiro atoms. The minimum absolute atomic E-state index is 0.0537. The number of nitrogens with zero attached hydrogens (tertiary/aromatic N) is 7. The van der Waals surface area contributed by atoms with Crippen LogP contribution in [-0.2, 0) is 13.0 Å². The van der Waals surface area contributed by atoms with E-state index < -0.39 is 24.4 Å². The van der Waals surface area contributed by atoms with Gasteiger partial charge in [-0.15, -0.1) is 0 Å². The first-order chi connectivity index (χ1) is 19.5. The van der Waals surface area contributed by atoms with Gasteiger partial charge >= 0.3 is 0 Å². The van der Waals surface area contributed by atoms with E-state index in [0.717, 1.165) is 37.9 Å². The molecule has 1 aromatic carbocycles. The van der Waals surface area contributed by atoms with E-state index in [1.54, 1.807) is 10.6 Å². The number of rotatable bonds is 7. The smallest absolute Gasteiger partial charge is 0.229 e. The third-order valence-electron chi connectivity index (χ3n) is 8.67. The number of nitrogens with one attached hydrogen (secondary N) is 1. The fourth-order valence-electron chi connectivity index (χ4n) is 6.63. The van der Waals surface area contributed by atoms with E-state index in [2.05, 4.69) is 42.0 Å². The number of alkyl halides is 1. The molecule has 0 radical (unpaired) electrons. The highest BCUT2D eigenvalue weighted by Gasteiger charge is 2.39. The molecule has 7 rings (SSSR count). The number of benzene rings is 1. The number of aromatic nitrogens is 5. The summed E-state index contributed by atoms with van der Waals surface area (Å²) in [6, 6.07) is 7.54. The molecule has 0 aliphatic carbocycles. The first kappa shape index (κ1) is 25.4. The maximum absolute atomic E-state index is 15.0. The van der Waals surface area contributed by atoms with Crippen LogP contribution in [0.3, 0.4) is 0 Å². The normalized spacial score (nSPS) is 22.8. The summed E-state index contributed by atoms with van der Waals surface area (Å²) in [4.78, 5) is 22.4. The van der Waals surface area contributed by atoms with Crippen molar-refractivity contribution in [3.8, 4) is 11.3 Å². The Balaban J connectivity index is 1.11. The van der Waals surface area contributed by atoms with Crippen molar-refractivity contribution in [1.82, 2.24) is 34.3 Å². The van der Waals surface area contributed by atoms with Crippen LogP contribution in [0.5, 0.6) is 0 Å². The van der Waals surface area contributed by atoms with Gasteiger partial charge in [0, 0.05) is 49.9 Å². The molecule has 8 nitrogen and oxygen atoms in total. The highest BCUT2D eigenvalue weighted by molar-refractivity contribution is 5.83. The van der Waals surface area contributed by atoms with Crippen LogP contribution < -0.4 is 5.32 Å². The molecule has 3 atom stereocenters. The number of hydrogen-bond donors (Lipinski definition) is 1. The second kappa shape index (κ2) is 10.1. The number of fused-ring (bicyclic) bond motifs is 5. The molecule has 3 aromatic heterocycles. The highest BCUT2D eigenvalue weighted by Crippen LogP contribution is 2.35. The van der Waals surface area contributed by atoms with Crippen LogP contribution in [0.15, 0.2) is 36.7 Å². The van der Waals surface area contributed by atoms with Crippen LogP contribution in [0.1, 0.15) is 43.6 Å². The first-order valence-corrected chi connectivity index (χ1v) is 14.0. The summed E-state index contributed by atoms with van der Waals surface area (Å²) in [5, 5.41) is 3.04. The van der Waals surface area contributed by atoms with Crippen molar-refractivity contribution in [2.24, 2.45) is 0 Å². The second-order valence-electron chi connectivity index (χ2n) is 11.0. The van der Waals surface area contributed by atoms with Crippen molar-refractivity contribution in [3.05, 3.63) is 59.7 Å².